The predicted octanol–water partition coefficient (Wildman–Crippen LogP) is 0.424. The second-order valence-corrected chi connectivity index (χ2v) is 8.55. The van der Waals surface area contributed by atoms with Crippen molar-refractivity contribution < 1.29 is 13.2 Å². The van der Waals surface area contributed by atoms with Gasteiger partial charge in [0.1, 0.15) is 0 Å². The molecule has 1 aromatic heterocycles. The Balaban J connectivity index is 1.84. The Morgan fingerprint density at radius 3 is 2.70 bits per heavy atom. The number of carbonyl (C=O) groups excluding carboxylic acids is 1. The molecule has 3 fully saturated rings. The van der Waals surface area contributed by atoms with Crippen molar-refractivity contribution >= 4 is 16.1 Å². The van der Waals surface area contributed by atoms with Crippen molar-refractivity contribution in [1.82, 2.24) is 18.5 Å². The van der Waals surface area contributed by atoms with Crippen LogP contribution in [0.15, 0.2) is 24.5 Å². The summed E-state index contributed by atoms with van der Waals surface area (Å²) in [5, 5.41) is 0. The third-order valence-electron chi connectivity index (χ3n) is 4.64. The van der Waals surface area contributed by atoms with Crippen LogP contribution in [0.25, 0.3) is 0 Å². The van der Waals surface area contributed by atoms with Gasteiger partial charge in [-0.15, -0.1) is 0 Å². The first-order chi connectivity index (χ1) is 10.9. The standard InChI is InChI=1S/C15H22N4O3S/c1-17(2)23(21,22)18-9-12-5-6-14(11-18)19(10-12)15(20)13-4-3-7-16-8-13/h3-4,7-8,12,14H,5-6,9-11H2,1-2H3/t12-,14+/m1/s1. The fraction of sp³-hybridized carbons (Fsp3) is 0.600. The summed E-state index contributed by atoms with van der Waals surface area (Å²) in [5.74, 6) is 0.126. The van der Waals surface area contributed by atoms with Gasteiger partial charge in [0.25, 0.3) is 16.1 Å². The second kappa shape index (κ2) is 6.18. The van der Waals surface area contributed by atoms with Gasteiger partial charge in [-0.1, -0.05) is 0 Å². The van der Waals surface area contributed by atoms with E-state index in [1.165, 1.54) is 8.61 Å². The van der Waals surface area contributed by atoms with Crippen LogP contribution in [-0.4, -0.2) is 72.6 Å². The number of piperidine rings is 1. The predicted molar refractivity (Wildman–Crippen MR) is 86.0 cm³/mol. The van der Waals surface area contributed by atoms with Crippen LogP contribution in [0.2, 0.25) is 0 Å². The molecule has 4 heterocycles. The Morgan fingerprint density at radius 1 is 1.26 bits per heavy atom. The molecule has 0 spiro atoms. The summed E-state index contributed by atoms with van der Waals surface area (Å²) in [6.45, 7) is 1.45. The summed E-state index contributed by atoms with van der Waals surface area (Å²) in [4.78, 5) is 18.6. The smallest absolute Gasteiger partial charge is 0.281 e. The molecule has 1 aromatic rings. The first-order valence-electron chi connectivity index (χ1n) is 7.78. The third-order valence-corrected chi connectivity index (χ3v) is 6.51. The fourth-order valence-electron chi connectivity index (χ4n) is 3.36. The number of pyridine rings is 1. The first-order valence-corrected chi connectivity index (χ1v) is 9.18. The molecule has 7 nitrogen and oxygen atoms in total. The normalized spacial score (nSPS) is 25.6. The van der Waals surface area contributed by atoms with E-state index in [2.05, 4.69) is 4.98 Å². The Kier molecular flexibility index (Phi) is 4.39. The Labute approximate surface area is 137 Å². The molecule has 2 bridgehead atoms. The summed E-state index contributed by atoms with van der Waals surface area (Å²) < 4.78 is 27.6. The number of rotatable bonds is 3. The Hall–Kier alpha value is -1.51. The minimum absolute atomic E-state index is 0.0584. The molecule has 8 heteroatoms. The molecule has 0 radical (unpaired) electrons. The fourth-order valence-corrected chi connectivity index (χ4v) is 4.58. The largest absolute Gasteiger partial charge is 0.334 e. The van der Waals surface area contributed by atoms with Gasteiger partial charge < -0.3 is 4.90 Å². The molecular formula is C15H22N4O3S. The maximum absolute atomic E-state index is 12.7. The van der Waals surface area contributed by atoms with Crippen molar-refractivity contribution in [2.24, 2.45) is 5.92 Å². The summed E-state index contributed by atoms with van der Waals surface area (Å²) in [6, 6.07) is 3.42. The van der Waals surface area contributed by atoms with Crippen LogP contribution in [0.3, 0.4) is 0 Å². The maximum Gasteiger partial charge on any atom is 0.281 e. The zero-order valence-electron chi connectivity index (χ0n) is 13.4. The van der Waals surface area contributed by atoms with Crippen LogP contribution in [0.5, 0.6) is 0 Å². The van der Waals surface area contributed by atoms with Crippen LogP contribution < -0.4 is 0 Å². The van der Waals surface area contributed by atoms with Gasteiger partial charge in [-0.2, -0.15) is 17.0 Å². The summed E-state index contributed by atoms with van der Waals surface area (Å²) in [7, 11) is -0.362. The zero-order valence-corrected chi connectivity index (χ0v) is 14.2. The van der Waals surface area contributed by atoms with E-state index in [1.807, 2.05) is 4.90 Å². The van der Waals surface area contributed by atoms with Gasteiger partial charge >= 0.3 is 0 Å². The molecule has 3 aliphatic rings. The lowest BCUT2D eigenvalue weighted by Gasteiger charge is -2.36. The van der Waals surface area contributed by atoms with Crippen molar-refractivity contribution in [3.63, 3.8) is 0 Å². The highest BCUT2D eigenvalue weighted by molar-refractivity contribution is 7.86. The average Bonchev–Trinajstić information content (AvgIpc) is 2.87. The third kappa shape index (κ3) is 3.11. The average molecular weight is 338 g/mol. The SMILES string of the molecule is CN(C)S(=O)(=O)N1C[C@H]2CC[C@@H](C1)N(C(=O)c1cccnc1)C2. The molecule has 2 atom stereocenters. The van der Waals surface area contributed by atoms with Crippen molar-refractivity contribution in [1.29, 1.82) is 0 Å². The number of carbonyl (C=O) groups is 1. The van der Waals surface area contributed by atoms with E-state index in [4.69, 9.17) is 0 Å². The van der Waals surface area contributed by atoms with Gasteiger partial charge in [-0.05, 0) is 30.9 Å². The van der Waals surface area contributed by atoms with Gasteiger partial charge in [-0.25, -0.2) is 0 Å². The lowest BCUT2D eigenvalue weighted by atomic mass is 9.94. The van der Waals surface area contributed by atoms with Gasteiger partial charge in [-0.3, -0.25) is 9.78 Å². The van der Waals surface area contributed by atoms with Crippen molar-refractivity contribution in [3.8, 4) is 0 Å². The molecule has 4 rings (SSSR count). The summed E-state index contributed by atoms with van der Waals surface area (Å²) in [6.07, 6.45) is 5.00. The molecule has 0 unspecified atom stereocenters. The Bertz CT molecular complexity index is 677. The lowest BCUT2D eigenvalue weighted by molar-refractivity contribution is 0.0588. The van der Waals surface area contributed by atoms with Crippen LogP contribution in [0, 0.1) is 5.92 Å². The first kappa shape index (κ1) is 16.4. The van der Waals surface area contributed by atoms with Gasteiger partial charge in [0.05, 0.1) is 5.56 Å². The summed E-state index contributed by atoms with van der Waals surface area (Å²) >= 11 is 0. The molecule has 126 valence electrons. The van der Waals surface area contributed by atoms with Crippen molar-refractivity contribution in [3.05, 3.63) is 30.1 Å². The molecule has 0 N–H and O–H groups in total. The van der Waals surface area contributed by atoms with E-state index in [0.717, 1.165) is 12.8 Å². The minimum Gasteiger partial charge on any atom is -0.334 e. The topological polar surface area (TPSA) is 73.8 Å². The number of aromatic nitrogens is 1. The van der Waals surface area contributed by atoms with Crippen LogP contribution >= 0.6 is 0 Å². The van der Waals surface area contributed by atoms with Gasteiger partial charge in [0.15, 0.2) is 0 Å². The number of hydrogen-bond acceptors (Lipinski definition) is 4. The van der Waals surface area contributed by atoms with E-state index < -0.39 is 10.2 Å². The molecule has 0 aromatic carbocycles. The molecule has 3 saturated heterocycles. The number of nitrogens with zero attached hydrogens (tertiary/aromatic N) is 4. The van der Waals surface area contributed by atoms with E-state index in [0.29, 0.717) is 25.2 Å². The Morgan fingerprint density at radius 2 is 2.04 bits per heavy atom. The maximum atomic E-state index is 12.7. The number of fused-ring (bicyclic) bond motifs is 4. The second-order valence-electron chi connectivity index (χ2n) is 6.40. The van der Waals surface area contributed by atoms with E-state index in [1.54, 1.807) is 38.6 Å². The van der Waals surface area contributed by atoms with Crippen LogP contribution in [-0.2, 0) is 10.2 Å². The van der Waals surface area contributed by atoms with Crippen molar-refractivity contribution in [2.45, 2.75) is 18.9 Å². The van der Waals surface area contributed by atoms with Crippen molar-refractivity contribution in [2.75, 3.05) is 33.7 Å². The van der Waals surface area contributed by atoms with E-state index in [9.17, 15) is 13.2 Å². The minimum atomic E-state index is -3.45. The number of amides is 1. The monoisotopic (exact) mass is 338 g/mol. The molecule has 0 aliphatic carbocycles. The quantitative estimate of drug-likeness (QED) is 0.801. The lowest BCUT2D eigenvalue weighted by Crippen LogP contribution is -2.48. The van der Waals surface area contributed by atoms with Crippen LogP contribution in [0.4, 0.5) is 0 Å². The highest BCUT2D eigenvalue weighted by Gasteiger charge is 2.41. The molecule has 1 amide bonds. The molecular weight excluding hydrogens is 316 g/mol. The van der Waals surface area contributed by atoms with Crippen LogP contribution in [0.1, 0.15) is 23.2 Å². The van der Waals surface area contributed by atoms with Gasteiger partial charge in [0, 0.05) is 52.2 Å². The summed E-state index contributed by atoms with van der Waals surface area (Å²) in [5.41, 5.74) is 0.557. The zero-order chi connectivity index (χ0) is 16.6. The highest BCUT2D eigenvalue weighted by atomic mass is 32.2. The molecule has 0 saturated carbocycles. The van der Waals surface area contributed by atoms with E-state index >= 15 is 0 Å². The molecule has 3 aliphatic heterocycles. The van der Waals surface area contributed by atoms with Gasteiger partial charge in [0.2, 0.25) is 0 Å². The number of hydrogen-bond donors (Lipinski definition) is 0. The highest BCUT2D eigenvalue weighted by Crippen LogP contribution is 2.30. The van der Waals surface area contributed by atoms with E-state index in [-0.39, 0.29) is 17.9 Å². The molecule has 23 heavy (non-hydrogen) atoms.